The molecule has 0 spiro atoms. The Hall–Kier alpha value is -3.68. The fourth-order valence-corrected chi connectivity index (χ4v) is 4.30. The normalized spacial score (nSPS) is 11.2. The molecule has 8 heteroatoms. The summed E-state index contributed by atoms with van der Waals surface area (Å²) >= 11 is 5.80. The van der Waals surface area contributed by atoms with Crippen LogP contribution in [-0.2, 0) is 9.84 Å². The third-order valence-corrected chi connectivity index (χ3v) is 6.51. The first-order valence-corrected chi connectivity index (χ1v) is 11.3. The van der Waals surface area contributed by atoms with Gasteiger partial charge in [-0.25, -0.2) is 8.42 Å². The molecule has 0 aliphatic heterocycles. The van der Waals surface area contributed by atoms with E-state index in [1.807, 2.05) is 6.07 Å². The van der Waals surface area contributed by atoms with Gasteiger partial charge in [-0.05, 0) is 48.5 Å². The SMILES string of the molecule is O=C(c1ccccc1)c1cccc(NC(=O)c2ccc(S(=O)(=O)c3ccc(Cl)cc3)o2)c1. The van der Waals surface area contributed by atoms with E-state index in [-0.39, 0.29) is 21.5 Å². The van der Waals surface area contributed by atoms with E-state index in [0.717, 1.165) is 0 Å². The van der Waals surface area contributed by atoms with Crippen LogP contribution in [0.2, 0.25) is 5.02 Å². The number of halogens is 1. The molecule has 1 aromatic heterocycles. The standard InChI is InChI=1S/C24H16ClNO5S/c25-18-9-11-20(12-10-18)32(29,30)22-14-13-21(31-22)24(28)26-19-8-4-7-17(15-19)23(27)16-5-2-1-3-6-16/h1-15H,(H,26,28). The molecule has 32 heavy (non-hydrogen) atoms. The second kappa shape index (κ2) is 8.82. The largest absolute Gasteiger partial charge is 0.439 e. The lowest BCUT2D eigenvalue weighted by Gasteiger charge is -2.06. The minimum absolute atomic E-state index is 0.00432. The van der Waals surface area contributed by atoms with Crippen molar-refractivity contribution in [3.05, 3.63) is 113 Å². The third kappa shape index (κ3) is 4.49. The molecule has 0 unspecified atom stereocenters. The number of carbonyl (C=O) groups is 2. The molecular weight excluding hydrogens is 450 g/mol. The van der Waals surface area contributed by atoms with E-state index in [2.05, 4.69) is 5.32 Å². The Morgan fingerprint density at radius 1 is 0.781 bits per heavy atom. The lowest BCUT2D eigenvalue weighted by molar-refractivity contribution is 0.0989. The van der Waals surface area contributed by atoms with E-state index in [1.165, 1.54) is 36.4 Å². The second-order valence-corrected chi connectivity index (χ2v) is 9.12. The zero-order valence-corrected chi connectivity index (χ0v) is 18.1. The number of rotatable bonds is 6. The second-order valence-electron chi connectivity index (χ2n) is 6.81. The zero-order valence-electron chi connectivity index (χ0n) is 16.5. The van der Waals surface area contributed by atoms with E-state index in [1.54, 1.807) is 48.5 Å². The Balaban J connectivity index is 1.53. The van der Waals surface area contributed by atoms with E-state index in [0.29, 0.717) is 21.8 Å². The number of nitrogens with one attached hydrogen (secondary N) is 1. The van der Waals surface area contributed by atoms with E-state index < -0.39 is 15.7 Å². The Morgan fingerprint density at radius 2 is 1.47 bits per heavy atom. The van der Waals surface area contributed by atoms with Crippen molar-refractivity contribution < 1.29 is 22.4 Å². The molecule has 4 rings (SSSR count). The summed E-state index contributed by atoms with van der Waals surface area (Å²) in [4.78, 5) is 25.2. The summed E-state index contributed by atoms with van der Waals surface area (Å²) < 4.78 is 30.7. The first kappa shape index (κ1) is 21.5. The quantitative estimate of drug-likeness (QED) is 0.392. The van der Waals surface area contributed by atoms with Gasteiger partial charge in [0.15, 0.2) is 11.5 Å². The number of benzene rings is 3. The molecule has 0 aliphatic rings. The van der Waals surface area contributed by atoms with E-state index >= 15 is 0 Å². The van der Waals surface area contributed by atoms with Crippen molar-refractivity contribution in [2.24, 2.45) is 0 Å². The molecule has 1 N–H and O–H groups in total. The first-order valence-electron chi connectivity index (χ1n) is 9.46. The van der Waals surface area contributed by atoms with Crippen molar-refractivity contribution in [1.82, 2.24) is 0 Å². The summed E-state index contributed by atoms with van der Waals surface area (Å²) in [5, 5.41) is 2.66. The highest BCUT2D eigenvalue weighted by molar-refractivity contribution is 7.91. The number of anilines is 1. The summed E-state index contributed by atoms with van der Waals surface area (Å²) in [6.07, 6.45) is 0. The van der Waals surface area contributed by atoms with Crippen molar-refractivity contribution in [1.29, 1.82) is 0 Å². The predicted octanol–water partition coefficient (Wildman–Crippen LogP) is 5.25. The van der Waals surface area contributed by atoms with Gasteiger partial charge >= 0.3 is 0 Å². The van der Waals surface area contributed by atoms with Gasteiger partial charge in [0.05, 0.1) is 4.90 Å². The molecule has 0 saturated heterocycles. The number of furan rings is 1. The van der Waals surface area contributed by atoms with Crippen molar-refractivity contribution >= 4 is 38.8 Å². The van der Waals surface area contributed by atoms with Crippen LogP contribution in [0.1, 0.15) is 26.5 Å². The average molecular weight is 466 g/mol. The molecule has 0 atom stereocenters. The van der Waals surface area contributed by atoms with E-state index in [4.69, 9.17) is 16.0 Å². The fourth-order valence-electron chi connectivity index (χ4n) is 3.00. The van der Waals surface area contributed by atoms with Crippen LogP contribution in [0, 0.1) is 0 Å². The molecule has 0 aliphatic carbocycles. The number of amides is 1. The van der Waals surface area contributed by atoms with Crippen LogP contribution < -0.4 is 5.32 Å². The molecule has 0 saturated carbocycles. The maximum Gasteiger partial charge on any atom is 0.291 e. The monoisotopic (exact) mass is 465 g/mol. The smallest absolute Gasteiger partial charge is 0.291 e. The van der Waals surface area contributed by atoms with Crippen LogP contribution in [0.3, 0.4) is 0 Å². The number of sulfone groups is 1. The summed E-state index contributed by atoms with van der Waals surface area (Å²) in [6, 6.07) is 23.3. The highest BCUT2D eigenvalue weighted by atomic mass is 35.5. The molecule has 0 radical (unpaired) electrons. The lowest BCUT2D eigenvalue weighted by atomic mass is 10.0. The Bertz CT molecular complexity index is 1390. The van der Waals surface area contributed by atoms with Gasteiger partial charge in [-0.15, -0.1) is 0 Å². The minimum Gasteiger partial charge on any atom is -0.439 e. The average Bonchev–Trinajstić information content (AvgIpc) is 3.31. The van der Waals surface area contributed by atoms with Crippen molar-refractivity contribution in [2.45, 2.75) is 9.99 Å². The number of hydrogen-bond donors (Lipinski definition) is 1. The van der Waals surface area contributed by atoms with Gasteiger partial charge in [0.25, 0.3) is 5.91 Å². The Labute approximate surface area is 189 Å². The van der Waals surface area contributed by atoms with Crippen LogP contribution in [0.25, 0.3) is 0 Å². The molecule has 0 bridgehead atoms. The lowest BCUT2D eigenvalue weighted by Crippen LogP contribution is -2.12. The van der Waals surface area contributed by atoms with Gasteiger partial charge < -0.3 is 9.73 Å². The minimum atomic E-state index is -3.94. The molecular formula is C24H16ClNO5S. The summed E-state index contributed by atoms with van der Waals surface area (Å²) in [5.74, 6) is -1.01. The van der Waals surface area contributed by atoms with E-state index in [9.17, 15) is 18.0 Å². The van der Waals surface area contributed by atoms with Gasteiger partial charge in [0, 0.05) is 21.8 Å². The van der Waals surface area contributed by atoms with Crippen molar-refractivity contribution in [2.75, 3.05) is 5.32 Å². The predicted molar refractivity (Wildman–Crippen MR) is 120 cm³/mol. The maximum atomic E-state index is 12.7. The van der Waals surface area contributed by atoms with Crippen molar-refractivity contribution in [3.8, 4) is 0 Å². The third-order valence-electron chi connectivity index (χ3n) is 4.61. The number of hydrogen-bond acceptors (Lipinski definition) is 5. The Kier molecular flexibility index (Phi) is 5.94. The van der Waals surface area contributed by atoms with Gasteiger partial charge in [0.1, 0.15) is 0 Å². The zero-order chi connectivity index (χ0) is 22.7. The van der Waals surface area contributed by atoms with Crippen molar-refractivity contribution in [3.63, 3.8) is 0 Å². The Morgan fingerprint density at radius 3 is 2.19 bits per heavy atom. The summed E-state index contributed by atoms with van der Waals surface area (Å²) in [6.45, 7) is 0. The summed E-state index contributed by atoms with van der Waals surface area (Å²) in [5.41, 5.74) is 1.30. The molecule has 0 fully saturated rings. The van der Waals surface area contributed by atoms with Gasteiger partial charge in [-0.1, -0.05) is 54.1 Å². The highest BCUT2D eigenvalue weighted by Gasteiger charge is 2.23. The molecule has 1 heterocycles. The van der Waals surface area contributed by atoms with Gasteiger partial charge in [-0.3, -0.25) is 9.59 Å². The van der Waals surface area contributed by atoms with Gasteiger partial charge in [0.2, 0.25) is 14.9 Å². The molecule has 6 nitrogen and oxygen atoms in total. The maximum absolute atomic E-state index is 12.7. The number of ketones is 1. The molecule has 3 aromatic carbocycles. The van der Waals surface area contributed by atoms with Crippen LogP contribution in [0.5, 0.6) is 0 Å². The van der Waals surface area contributed by atoms with Crippen LogP contribution in [0.4, 0.5) is 5.69 Å². The van der Waals surface area contributed by atoms with Gasteiger partial charge in [-0.2, -0.15) is 0 Å². The topological polar surface area (TPSA) is 93.5 Å². The molecule has 160 valence electrons. The molecule has 4 aromatic rings. The first-order chi connectivity index (χ1) is 15.3. The van der Waals surface area contributed by atoms with Crippen LogP contribution in [-0.4, -0.2) is 20.1 Å². The number of carbonyl (C=O) groups excluding carboxylic acids is 2. The van der Waals surface area contributed by atoms with Crippen LogP contribution >= 0.6 is 11.6 Å². The van der Waals surface area contributed by atoms with Crippen LogP contribution in [0.15, 0.2) is 105 Å². The fraction of sp³-hybridized carbons (Fsp3) is 0. The molecule has 1 amide bonds. The highest BCUT2D eigenvalue weighted by Crippen LogP contribution is 2.25. The summed E-state index contributed by atoms with van der Waals surface area (Å²) in [7, 11) is -3.94.